The van der Waals surface area contributed by atoms with Gasteiger partial charge in [0, 0.05) is 0 Å². The second-order valence-corrected chi connectivity index (χ2v) is 20.4. The predicted molar refractivity (Wildman–Crippen MR) is 222 cm³/mol. The van der Waals surface area contributed by atoms with Crippen LogP contribution in [0.5, 0.6) is 0 Å². The number of hydrogen-bond donors (Lipinski definition) is 4. The first kappa shape index (κ1) is 53.5. The molecule has 0 aliphatic rings. The molecule has 12 nitrogen and oxygen atoms in total. The molecule has 8 N–H and O–H groups in total. The van der Waals surface area contributed by atoms with E-state index in [0.717, 1.165) is 25.7 Å². The van der Waals surface area contributed by atoms with Crippen LogP contribution in [0.1, 0.15) is 143 Å². The lowest BCUT2D eigenvalue weighted by Crippen LogP contribution is -2.51. The third-order valence-corrected chi connectivity index (χ3v) is 9.69. The van der Waals surface area contributed by atoms with Crippen LogP contribution in [0, 0.1) is 5.41 Å². The normalized spacial score (nSPS) is 14.7. The van der Waals surface area contributed by atoms with Crippen LogP contribution in [0.3, 0.4) is 0 Å². The molecule has 0 aromatic rings. The molecule has 0 unspecified atom stereocenters. The van der Waals surface area contributed by atoms with Gasteiger partial charge in [-0.3, -0.25) is 0 Å². The molecule has 0 heterocycles. The van der Waals surface area contributed by atoms with E-state index >= 15 is 0 Å². The van der Waals surface area contributed by atoms with Gasteiger partial charge in [0.2, 0.25) is 0 Å². The summed E-state index contributed by atoms with van der Waals surface area (Å²) in [5, 5.41) is 0. The molecule has 0 rings (SSSR count). The lowest BCUT2D eigenvalue weighted by molar-refractivity contribution is -0.215. The van der Waals surface area contributed by atoms with Gasteiger partial charge >= 0.3 is 0 Å². The van der Waals surface area contributed by atoms with Crippen LogP contribution in [-0.4, -0.2) is 124 Å². The molecule has 0 aliphatic heterocycles. The molecular formula is C42H90N4O8. The van der Waals surface area contributed by atoms with E-state index in [1.165, 1.54) is 0 Å². The summed E-state index contributed by atoms with van der Waals surface area (Å²) >= 11 is 0. The maximum absolute atomic E-state index is 6.82. The van der Waals surface area contributed by atoms with Crippen molar-refractivity contribution in [2.45, 2.75) is 188 Å². The third-order valence-electron chi connectivity index (χ3n) is 9.69. The smallest absolute Gasteiger partial charge is 0.0859 e. The monoisotopic (exact) mass is 779 g/mol. The lowest BCUT2D eigenvalue weighted by Gasteiger charge is -2.43. The molecule has 0 spiro atoms. The van der Waals surface area contributed by atoms with Gasteiger partial charge in [0.1, 0.15) is 0 Å². The Morgan fingerprint density at radius 1 is 0.259 bits per heavy atom. The minimum atomic E-state index is -0.741. The first-order valence-corrected chi connectivity index (χ1v) is 20.3. The van der Waals surface area contributed by atoms with Gasteiger partial charge in [-0.05, 0) is 169 Å². The first-order valence-electron chi connectivity index (χ1n) is 20.3. The highest BCUT2D eigenvalue weighted by Crippen LogP contribution is 2.32. The summed E-state index contributed by atoms with van der Waals surface area (Å²) in [5.74, 6) is 0. The summed E-state index contributed by atoms with van der Waals surface area (Å²) in [4.78, 5) is 0. The van der Waals surface area contributed by atoms with Crippen molar-refractivity contribution in [3.8, 4) is 0 Å². The van der Waals surface area contributed by atoms with E-state index in [2.05, 4.69) is 69.2 Å². The molecule has 0 aromatic heterocycles. The van der Waals surface area contributed by atoms with E-state index in [0.29, 0.717) is 65.6 Å². The van der Waals surface area contributed by atoms with Gasteiger partial charge in [0.05, 0.1) is 103 Å². The Morgan fingerprint density at radius 3 is 0.722 bits per heavy atom. The molecule has 0 radical (unpaired) electrons. The molecule has 54 heavy (non-hydrogen) atoms. The Labute approximate surface area is 332 Å². The van der Waals surface area contributed by atoms with Crippen molar-refractivity contribution in [1.82, 2.24) is 0 Å². The standard InChI is InChI=1S/C42H90N4O8/c1-34(2,17-22-43)47-26-21-38(9,10)51-30-42(31-52-39(11,12)27-48-35(3,4)18-23-44,32-53-40(13,14)28-49-36(5,6)19-24-45)33-54-41(15,16)29-50-37(7,8)20-25-46/h17-33,43-46H2,1-16H3. The third kappa shape index (κ3) is 25.0. The van der Waals surface area contributed by atoms with Gasteiger partial charge < -0.3 is 60.8 Å². The molecule has 0 aliphatic carbocycles. The fourth-order valence-corrected chi connectivity index (χ4v) is 5.20. The summed E-state index contributed by atoms with van der Waals surface area (Å²) in [7, 11) is 0. The van der Waals surface area contributed by atoms with E-state index < -0.39 is 27.8 Å². The molecule has 0 amide bonds. The Bertz CT molecular complexity index is 921. The average molecular weight is 779 g/mol. The topological polar surface area (TPSA) is 178 Å². The molecule has 12 heteroatoms. The fraction of sp³-hybridized carbons (Fsp3) is 1.00. The van der Waals surface area contributed by atoms with Gasteiger partial charge in [-0.25, -0.2) is 0 Å². The van der Waals surface area contributed by atoms with Gasteiger partial charge in [-0.2, -0.15) is 0 Å². The summed E-state index contributed by atoms with van der Waals surface area (Å²) < 4.78 is 52.4. The number of rotatable bonds is 33. The van der Waals surface area contributed by atoms with Crippen molar-refractivity contribution >= 4 is 0 Å². The minimum Gasteiger partial charge on any atom is -0.375 e. The van der Waals surface area contributed by atoms with Crippen molar-refractivity contribution in [3.05, 3.63) is 0 Å². The van der Waals surface area contributed by atoms with E-state index in [4.69, 9.17) is 60.8 Å². The Hall–Kier alpha value is -0.480. The van der Waals surface area contributed by atoms with Crippen LogP contribution in [0.15, 0.2) is 0 Å². The summed E-state index contributed by atoms with van der Waals surface area (Å²) in [6.07, 6.45) is 3.67. The largest absolute Gasteiger partial charge is 0.375 e. The number of nitrogens with two attached hydrogens (primary N) is 4. The second-order valence-electron chi connectivity index (χ2n) is 20.4. The van der Waals surface area contributed by atoms with E-state index in [-0.39, 0.29) is 42.2 Å². The SMILES string of the molecule is CC(C)(CCN)OCCC(C)(C)OCC(COC(C)(C)COC(C)(C)CCN)(COC(C)(C)COC(C)(C)CCN)COC(C)(C)COC(C)(C)CCN. The zero-order valence-electron chi connectivity index (χ0n) is 38.1. The van der Waals surface area contributed by atoms with Gasteiger partial charge in [0.15, 0.2) is 0 Å². The second kappa shape index (κ2) is 22.6. The number of ether oxygens (including phenoxy) is 8. The molecule has 326 valence electrons. The molecule has 0 bridgehead atoms. The van der Waals surface area contributed by atoms with Crippen molar-refractivity contribution in [2.75, 3.05) is 79.0 Å². The Kier molecular flexibility index (Phi) is 22.4. The predicted octanol–water partition coefficient (Wildman–Crippen LogP) is 6.12. The van der Waals surface area contributed by atoms with Crippen LogP contribution in [0.2, 0.25) is 0 Å². The van der Waals surface area contributed by atoms with Gasteiger partial charge in [0.25, 0.3) is 0 Å². The number of hydrogen-bond acceptors (Lipinski definition) is 12. The van der Waals surface area contributed by atoms with Crippen LogP contribution < -0.4 is 22.9 Å². The summed E-state index contributed by atoms with van der Waals surface area (Å²) in [5.41, 5.74) is 18.8. The quantitative estimate of drug-likeness (QED) is 0.0601. The summed E-state index contributed by atoms with van der Waals surface area (Å²) in [6, 6.07) is 0. The summed E-state index contributed by atoms with van der Waals surface area (Å²) in [6.45, 7) is 37.9. The Balaban J connectivity index is 6.60. The van der Waals surface area contributed by atoms with Crippen molar-refractivity contribution in [1.29, 1.82) is 0 Å². The molecule has 0 atom stereocenters. The zero-order valence-corrected chi connectivity index (χ0v) is 38.1. The minimum absolute atomic E-state index is 0.280. The zero-order chi connectivity index (χ0) is 42.2. The maximum Gasteiger partial charge on any atom is 0.0859 e. The molecule has 0 fully saturated rings. The van der Waals surface area contributed by atoms with Crippen LogP contribution in [0.4, 0.5) is 0 Å². The van der Waals surface area contributed by atoms with Crippen molar-refractivity contribution < 1.29 is 37.9 Å². The van der Waals surface area contributed by atoms with Crippen molar-refractivity contribution in [2.24, 2.45) is 28.3 Å². The molecule has 0 aromatic carbocycles. The highest BCUT2D eigenvalue weighted by Gasteiger charge is 2.41. The molecular weight excluding hydrogens is 688 g/mol. The maximum atomic E-state index is 6.82. The highest BCUT2D eigenvalue weighted by atomic mass is 16.6. The Morgan fingerprint density at radius 2 is 0.463 bits per heavy atom. The van der Waals surface area contributed by atoms with Crippen LogP contribution >= 0.6 is 0 Å². The van der Waals surface area contributed by atoms with Crippen LogP contribution in [0.25, 0.3) is 0 Å². The molecule has 0 saturated heterocycles. The van der Waals surface area contributed by atoms with E-state index in [9.17, 15) is 0 Å². The van der Waals surface area contributed by atoms with E-state index in [1.807, 2.05) is 41.5 Å². The van der Waals surface area contributed by atoms with Crippen LogP contribution in [-0.2, 0) is 37.9 Å². The average Bonchev–Trinajstić information content (AvgIpc) is 3.01. The van der Waals surface area contributed by atoms with Crippen molar-refractivity contribution in [3.63, 3.8) is 0 Å². The lowest BCUT2D eigenvalue weighted by atomic mass is 9.90. The van der Waals surface area contributed by atoms with Gasteiger partial charge in [-0.15, -0.1) is 0 Å². The molecule has 0 saturated carbocycles. The first-order chi connectivity index (χ1) is 24.4. The fourth-order valence-electron chi connectivity index (χ4n) is 5.20. The highest BCUT2D eigenvalue weighted by molar-refractivity contribution is 4.88. The van der Waals surface area contributed by atoms with Gasteiger partial charge in [-0.1, -0.05) is 0 Å². The van der Waals surface area contributed by atoms with E-state index in [1.54, 1.807) is 0 Å².